The van der Waals surface area contributed by atoms with Crippen LogP contribution in [0.4, 0.5) is 4.39 Å². The van der Waals surface area contributed by atoms with Crippen LogP contribution in [0, 0.1) is 5.82 Å². The number of carboxylic acid groups (broad SMARTS) is 1. The third kappa shape index (κ3) is 4.48. The molecule has 1 fully saturated rings. The van der Waals surface area contributed by atoms with E-state index in [4.69, 9.17) is 5.11 Å². The van der Waals surface area contributed by atoms with Crippen LogP contribution in [-0.4, -0.2) is 35.6 Å². The number of likely N-dealkylation sites (tertiary alicyclic amines) is 1. The van der Waals surface area contributed by atoms with Gasteiger partial charge in [0.2, 0.25) is 0 Å². The third-order valence-corrected chi connectivity index (χ3v) is 3.46. The van der Waals surface area contributed by atoms with Gasteiger partial charge in [-0.25, -0.2) is 9.18 Å². The van der Waals surface area contributed by atoms with Gasteiger partial charge in [-0.2, -0.15) is 0 Å². The van der Waals surface area contributed by atoms with E-state index in [1.807, 2.05) is 12.1 Å². The summed E-state index contributed by atoms with van der Waals surface area (Å²) in [5.41, 5.74) is 2.15. The van der Waals surface area contributed by atoms with Crippen LogP contribution in [0.25, 0.3) is 0 Å². The number of hydrogen-bond acceptors (Lipinski definition) is 2. The zero-order chi connectivity index (χ0) is 13.7. The van der Waals surface area contributed by atoms with E-state index >= 15 is 0 Å². The second-order valence-electron chi connectivity index (χ2n) is 4.86. The van der Waals surface area contributed by atoms with E-state index in [1.165, 1.54) is 18.2 Å². The van der Waals surface area contributed by atoms with Crippen molar-refractivity contribution in [3.8, 4) is 0 Å². The summed E-state index contributed by atoms with van der Waals surface area (Å²) in [5, 5.41) is 8.69. The summed E-state index contributed by atoms with van der Waals surface area (Å²) in [6.07, 6.45) is 3.89. The molecule has 1 N–H and O–H groups in total. The number of benzene rings is 1. The minimum absolute atomic E-state index is 0.204. The molecule has 102 valence electrons. The highest BCUT2D eigenvalue weighted by molar-refractivity contribution is 5.80. The monoisotopic (exact) mass is 263 g/mol. The molecule has 0 aromatic heterocycles. The maximum atomic E-state index is 12.8. The van der Waals surface area contributed by atoms with E-state index in [1.54, 1.807) is 0 Å². The van der Waals surface area contributed by atoms with Gasteiger partial charge in [-0.1, -0.05) is 17.7 Å². The van der Waals surface area contributed by atoms with Crippen molar-refractivity contribution in [1.29, 1.82) is 0 Å². The Hall–Kier alpha value is -1.68. The summed E-state index contributed by atoms with van der Waals surface area (Å²) in [6.45, 7) is 2.74. The Labute approximate surface area is 112 Å². The molecule has 3 nitrogen and oxygen atoms in total. The SMILES string of the molecule is O=C(O)C=C1CCN(CCc2ccc(F)cc2)CC1. The summed E-state index contributed by atoms with van der Waals surface area (Å²) in [6, 6.07) is 6.60. The van der Waals surface area contributed by atoms with E-state index in [2.05, 4.69) is 4.90 Å². The smallest absolute Gasteiger partial charge is 0.328 e. The van der Waals surface area contributed by atoms with Crippen molar-refractivity contribution in [1.82, 2.24) is 4.90 Å². The minimum atomic E-state index is -0.852. The Morgan fingerprint density at radius 2 is 1.89 bits per heavy atom. The Morgan fingerprint density at radius 3 is 2.47 bits per heavy atom. The van der Waals surface area contributed by atoms with Gasteiger partial charge in [-0.3, -0.25) is 0 Å². The highest BCUT2D eigenvalue weighted by Gasteiger charge is 2.14. The molecule has 19 heavy (non-hydrogen) atoms. The lowest BCUT2D eigenvalue weighted by Crippen LogP contribution is -2.32. The van der Waals surface area contributed by atoms with E-state index in [0.717, 1.165) is 50.0 Å². The standard InChI is InChI=1S/C15H18FNO2/c16-14-3-1-12(2-4-14)5-8-17-9-6-13(7-10-17)11-15(18)19/h1-4,11H,5-10H2,(H,18,19). The zero-order valence-electron chi connectivity index (χ0n) is 10.8. The maximum Gasteiger partial charge on any atom is 0.328 e. The first-order valence-corrected chi connectivity index (χ1v) is 6.52. The van der Waals surface area contributed by atoms with Gasteiger partial charge in [0.25, 0.3) is 0 Å². The average Bonchev–Trinajstić information content (AvgIpc) is 2.39. The number of nitrogens with zero attached hydrogens (tertiary/aromatic N) is 1. The van der Waals surface area contributed by atoms with E-state index in [-0.39, 0.29) is 5.82 Å². The topological polar surface area (TPSA) is 40.5 Å². The number of rotatable bonds is 4. The molecule has 0 unspecified atom stereocenters. The number of carbonyl (C=O) groups is 1. The molecule has 1 aliphatic heterocycles. The van der Waals surface area contributed by atoms with Crippen LogP contribution in [-0.2, 0) is 11.2 Å². The van der Waals surface area contributed by atoms with Crippen LogP contribution in [0.15, 0.2) is 35.9 Å². The fraction of sp³-hybridized carbons (Fsp3) is 0.400. The van der Waals surface area contributed by atoms with Gasteiger partial charge in [-0.05, 0) is 37.0 Å². The van der Waals surface area contributed by atoms with Gasteiger partial charge in [0.05, 0.1) is 0 Å². The third-order valence-electron chi connectivity index (χ3n) is 3.46. The zero-order valence-corrected chi connectivity index (χ0v) is 10.8. The molecule has 0 radical (unpaired) electrons. The average molecular weight is 263 g/mol. The molecule has 0 spiro atoms. The largest absolute Gasteiger partial charge is 0.478 e. The van der Waals surface area contributed by atoms with Crippen LogP contribution >= 0.6 is 0 Å². The Bertz CT molecular complexity index is 458. The number of hydrogen-bond donors (Lipinski definition) is 1. The Balaban J connectivity index is 1.77. The van der Waals surface area contributed by atoms with Gasteiger partial charge in [0, 0.05) is 25.7 Å². The highest BCUT2D eigenvalue weighted by Crippen LogP contribution is 2.16. The van der Waals surface area contributed by atoms with Gasteiger partial charge in [-0.15, -0.1) is 0 Å². The van der Waals surface area contributed by atoms with Crippen molar-refractivity contribution in [3.63, 3.8) is 0 Å². The number of halogens is 1. The fourth-order valence-corrected chi connectivity index (χ4v) is 2.32. The van der Waals surface area contributed by atoms with Crippen molar-refractivity contribution in [2.24, 2.45) is 0 Å². The highest BCUT2D eigenvalue weighted by atomic mass is 19.1. The van der Waals surface area contributed by atoms with Crippen molar-refractivity contribution >= 4 is 5.97 Å². The lowest BCUT2D eigenvalue weighted by Gasteiger charge is -2.28. The molecule has 1 aromatic rings. The summed E-state index contributed by atoms with van der Waals surface area (Å²) >= 11 is 0. The lowest BCUT2D eigenvalue weighted by atomic mass is 10.0. The van der Waals surface area contributed by atoms with Crippen molar-refractivity contribution in [2.75, 3.05) is 19.6 Å². The first-order valence-electron chi connectivity index (χ1n) is 6.52. The summed E-state index contributed by atoms with van der Waals surface area (Å²) in [4.78, 5) is 12.9. The maximum absolute atomic E-state index is 12.8. The van der Waals surface area contributed by atoms with Crippen LogP contribution < -0.4 is 0 Å². The molecule has 0 atom stereocenters. The molecular weight excluding hydrogens is 245 g/mol. The first-order chi connectivity index (χ1) is 9.13. The number of aliphatic carboxylic acids is 1. The first kappa shape index (κ1) is 13.7. The molecular formula is C15H18FNO2. The van der Waals surface area contributed by atoms with Crippen LogP contribution in [0.1, 0.15) is 18.4 Å². The molecule has 0 bridgehead atoms. The molecule has 0 aliphatic carbocycles. The van der Waals surface area contributed by atoms with Crippen LogP contribution in [0.3, 0.4) is 0 Å². The van der Waals surface area contributed by atoms with Crippen LogP contribution in [0.2, 0.25) is 0 Å². The predicted octanol–water partition coefficient (Wildman–Crippen LogP) is 2.48. The quantitative estimate of drug-likeness (QED) is 0.848. The molecule has 4 heteroatoms. The molecule has 1 heterocycles. The summed E-state index contributed by atoms with van der Waals surface area (Å²) < 4.78 is 12.8. The molecule has 1 aromatic carbocycles. The van der Waals surface area contributed by atoms with Crippen molar-refractivity contribution in [3.05, 3.63) is 47.3 Å². The number of piperidine rings is 1. The van der Waals surface area contributed by atoms with E-state index < -0.39 is 5.97 Å². The molecule has 0 amide bonds. The molecule has 1 saturated heterocycles. The van der Waals surface area contributed by atoms with Crippen LogP contribution in [0.5, 0.6) is 0 Å². The van der Waals surface area contributed by atoms with Gasteiger partial charge < -0.3 is 10.0 Å². The second kappa shape index (κ2) is 6.48. The Kier molecular flexibility index (Phi) is 4.68. The molecule has 2 rings (SSSR count). The fourth-order valence-electron chi connectivity index (χ4n) is 2.32. The van der Waals surface area contributed by atoms with Gasteiger partial charge in [0.15, 0.2) is 0 Å². The van der Waals surface area contributed by atoms with E-state index in [9.17, 15) is 9.18 Å². The lowest BCUT2D eigenvalue weighted by molar-refractivity contribution is -0.131. The van der Waals surface area contributed by atoms with Crippen molar-refractivity contribution in [2.45, 2.75) is 19.3 Å². The normalized spacial score (nSPS) is 16.4. The van der Waals surface area contributed by atoms with Crippen molar-refractivity contribution < 1.29 is 14.3 Å². The summed E-state index contributed by atoms with van der Waals surface area (Å²) in [7, 11) is 0. The second-order valence-corrected chi connectivity index (χ2v) is 4.86. The molecule has 0 saturated carbocycles. The van der Waals surface area contributed by atoms with E-state index in [0.29, 0.717) is 0 Å². The predicted molar refractivity (Wildman–Crippen MR) is 71.5 cm³/mol. The minimum Gasteiger partial charge on any atom is -0.478 e. The Morgan fingerprint density at radius 1 is 1.26 bits per heavy atom. The van der Waals surface area contributed by atoms with Gasteiger partial charge in [0.1, 0.15) is 5.82 Å². The molecule has 1 aliphatic rings. The van der Waals surface area contributed by atoms with Gasteiger partial charge >= 0.3 is 5.97 Å². The number of carboxylic acids is 1. The summed E-state index contributed by atoms with van der Waals surface area (Å²) in [5.74, 6) is -1.06.